The minimum atomic E-state index is 0.707. The zero-order valence-electron chi connectivity index (χ0n) is 9.86. The first-order chi connectivity index (χ1) is 8.29. The SMILES string of the molecule is Cc1[c]ccc(-c2cnc(NCCCN)s2)c1. The summed E-state index contributed by atoms with van der Waals surface area (Å²) in [7, 11) is 0. The van der Waals surface area contributed by atoms with Crippen molar-refractivity contribution >= 4 is 16.5 Å². The molecule has 2 aromatic rings. The Morgan fingerprint density at radius 2 is 2.41 bits per heavy atom. The molecule has 0 aliphatic heterocycles. The minimum Gasteiger partial charge on any atom is -0.361 e. The van der Waals surface area contributed by atoms with Gasteiger partial charge in [-0.3, -0.25) is 0 Å². The van der Waals surface area contributed by atoms with Gasteiger partial charge in [0.1, 0.15) is 0 Å². The van der Waals surface area contributed by atoms with Gasteiger partial charge in [0, 0.05) is 12.7 Å². The summed E-state index contributed by atoms with van der Waals surface area (Å²) in [6, 6.07) is 9.28. The minimum absolute atomic E-state index is 0.707. The zero-order valence-corrected chi connectivity index (χ0v) is 10.7. The second-order valence-electron chi connectivity index (χ2n) is 3.86. The fourth-order valence-corrected chi connectivity index (χ4v) is 2.36. The van der Waals surface area contributed by atoms with Crippen molar-refractivity contribution in [2.75, 3.05) is 18.4 Å². The highest BCUT2D eigenvalue weighted by atomic mass is 32.1. The van der Waals surface area contributed by atoms with Crippen LogP contribution in [0.4, 0.5) is 5.13 Å². The largest absolute Gasteiger partial charge is 0.361 e. The standard InChI is InChI=1S/C13H16N3S/c1-10-4-2-5-11(8-10)12-9-16-13(17-12)15-7-3-6-14/h2,5,8-9H,3,6-7,14H2,1H3,(H,15,16). The number of rotatable bonds is 5. The van der Waals surface area contributed by atoms with E-state index in [9.17, 15) is 0 Å². The van der Waals surface area contributed by atoms with Gasteiger partial charge in [-0.25, -0.2) is 4.98 Å². The number of aryl methyl sites for hydroxylation is 1. The van der Waals surface area contributed by atoms with Crippen molar-refractivity contribution in [1.29, 1.82) is 0 Å². The number of thiazole rings is 1. The molecule has 1 radical (unpaired) electrons. The normalized spacial score (nSPS) is 10.5. The lowest BCUT2D eigenvalue weighted by Crippen LogP contribution is -2.07. The second kappa shape index (κ2) is 5.80. The molecule has 89 valence electrons. The number of nitrogens with zero attached hydrogens (tertiary/aromatic N) is 1. The molecular formula is C13H16N3S. The van der Waals surface area contributed by atoms with E-state index >= 15 is 0 Å². The van der Waals surface area contributed by atoms with Crippen molar-refractivity contribution in [3.05, 3.63) is 36.0 Å². The molecule has 1 heterocycles. The van der Waals surface area contributed by atoms with E-state index in [0.717, 1.165) is 23.7 Å². The molecule has 0 unspecified atom stereocenters. The summed E-state index contributed by atoms with van der Waals surface area (Å²) < 4.78 is 0. The molecule has 1 aromatic carbocycles. The van der Waals surface area contributed by atoms with Gasteiger partial charge in [0.2, 0.25) is 0 Å². The Morgan fingerprint density at radius 1 is 1.53 bits per heavy atom. The molecule has 0 saturated carbocycles. The first-order valence-corrected chi connectivity index (χ1v) is 6.50. The fraction of sp³-hybridized carbons (Fsp3) is 0.308. The van der Waals surface area contributed by atoms with Crippen molar-refractivity contribution in [3.63, 3.8) is 0 Å². The van der Waals surface area contributed by atoms with Crippen LogP contribution >= 0.6 is 11.3 Å². The van der Waals surface area contributed by atoms with Crippen molar-refractivity contribution < 1.29 is 0 Å². The molecule has 0 bridgehead atoms. The first-order valence-electron chi connectivity index (χ1n) is 5.68. The number of nitrogens with two attached hydrogens (primary N) is 1. The van der Waals surface area contributed by atoms with Gasteiger partial charge in [-0.05, 0) is 43.1 Å². The summed E-state index contributed by atoms with van der Waals surface area (Å²) in [5.41, 5.74) is 7.79. The van der Waals surface area contributed by atoms with E-state index in [-0.39, 0.29) is 0 Å². The molecule has 4 heteroatoms. The van der Waals surface area contributed by atoms with E-state index in [1.807, 2.05) is 19.2 Å². The van der Waals surface area contributed by atoms with Crippen LogP contribution in [0, 0.1) is 13.0 Å². The van der Waals surface area contributed by atoms with Gasteiger partial charge >= 0.3 is 0 Å². The van der Waals surface area contributed by atoms with E-state index in [1.165, 1.54) is 10.4 Å². The smallest absolute Gasteiger partial charge is 0.183 e. The molecule has 0 aliphatic carbocycles. The lowest BCUT2D eigenvalue weighted by Gasteiger charge is -1.99. The zero-order chi connectivity index (χ0) is 12.1. The molecule has 3 nitrogen and oxygen atoms in total. The van der Waals surface area contributed by atoms with Crippen LogP contribution in [0.1, 0.15) is 12.0 Å². The Balaban J connectivity index is 2.07. The quantitative estimate of drug-likeness (QED) is 0.797. The van der Waals surface area contributed by atoms with E-state index in [4.69, 9.17) is 5.73 Å². The summed E-state index contributed by atoms with van der Waals surface area (Å²) in [6.07, 6.45) is 2.87. The summed E-state index contributed by atoms with van der Waals surface area (Å²) in [4.78, 5) is 5.53. The van der Waals surface area contributed by atoms with Gasteiger partial charge in [-0.2, -0.15) is 0 Å². The summed E-state index contributed by atoms with van der Waals surface area (Å²) >= 11 is 1.67. The highest BCUT2D eigenvalue weighted by Gasteiger charge is 2.03. The number of aromatic nitrogens is 1. The van der Waals surface area contributed by atoms with Crippen molar-refractivity contribution in [2.24, 2.45) is 5.73 Å². The Kier molecular flexibility index (Phi) is 4.12. The maximum Gasteiger partial charge on any atom is 0.183 e. The number of hydrogen-bond donors (Lipinski definition) is 2. The van der Waals surface area contributed by atoms with Crippen LogP contribution in [0.2, 0.25) is 0 Å². The molecule has 17 heavy (non-hydrogen) atoms. The van der Waals surface area contributed by atoms with Gasteiger partial charge in [0.25, 0.3) is 0 Å². The average molecular weight is 246 g/mol. The van der Waals surface area contributed by atoms with Crippen molar-refractivity contribution in [3.8, 4) is 10.4 Å². The molecule has 0 spiro atoms. The second-order valence-corrected chi connectivity index (χ2v) is 4.89. The third-order valence-electron chi connectivity index (χ3n) is 2.39. The summed E-state index contributed by atoms with van der Waals surface area (Å²) in [6.45, 7) is 3.63. The Bertz CT molecular complexity index is 479. The van der Waals surface area contributed by atoms with Crippen LogP contribution in [0.5, 0.6) is 0 Å². The van der Waals surface area contributed by atoms with Gasteiger partial charge in [0.05, 0.1) is 4.88 Å². The van der Waals surface area contributed by atoms with Crippen molar-refractivity contribution in [2.45, 2.75) is 13.3 Å². The molecule has 1 aromatic heterocycles. The van der Waals surface area contributed by atoms with Gasteiger partial charge in [-0.15, -0.1) is 0 Å². The molecule has 0 saturated heterocycles. The van der Waals surface area contributed by atoms with Gasteiger partial charge in [-0.1, -0.05) is 23.5 Å². The summed E-state index contributed by atoms with van der Waals surface area (Å²) in [5, 5.41) is 4.23. The third kappa shape index (κ3) is 3.28. The topological polar surface area (TPSA) is 50.9 Å². The van der Waals surface area contributed by atoms with E-state index in [1.54, 1.807) is 11.3 Å². The van der Waals surface area contributed by atoms with Crippen LogP contribution in [0.25, 0.3) is 10.4 Å². The predicted molar refractivity (Wildman–Crippen MR) is 73.3 cm³/mol. The highest BCUT2D eigenvalue weighted by Crippen LogP contribution is 2.29. The number of nitrogens with one attached hydrogen (secondary N) is 1. The van der Waals surface area contributed by atoms with E-state index < -0.39 is 0 Å². The van der Waals surface area contributed by atoms with E-state index in [2.05, 4.69) is 28.5 Å². The van der Waals surface area contributed by atoms with Crippen LogP contribution < -0.4 is 11.1 Å². The maximum absolute atomic E-state index is 5.45. The molecule has 0 amide bonds. The molecule has 3 N–H and O–H groups in total. The van der Waals surface area contributed by atoms with Gasteiger partial charge < -0.3 is 11.1 Å². The molecule has 0 aliphatic rings. The van der Waals surface area contributed by atoms with Crippen molar-refractivity contribution in [1.82, 2.24) is 4.98 Å². The Hall–Kier alpha value is -1.39. The first kappa shape index (κ1) is 12.1. The van der Waals surface area contributed by atoms with E-state index in [0.29, 0.717) is 6.54 Å². The maximum atomic E-state index is 5.45. The number of hydrogen-bond acceptors (Lipinski definition) is 4. The van der Waals surface area contributed by atoms with Crippen LogP contribution in [-0.4, -0.2) is 18.1 Å². The Labute approximate surface area is 106 Å². The predicted octanol–water partition coefficient (Wildman–Crippen LogP) is 2.68. The van der Waals surface area contributed by atoms with Gasteiger partial charge in [0.15, 0.2) is 5.13 Å². The monoisotopic (exact) mass is 246 g/mol. The van der Waals surface area contributed by atoms with Crippen LogP contribution in [-0.2, 0) is 0 Å². The molecule has 0 fully saturated rings. The lowest BCUT2D eigenvalue weighted by atomic mass is 10.1. The fourth-order valence-electron chi connectivity index (χ4n) is 1.53. The average Bonchev–Trinajstić information content (AvgIpc) is 2.78. The van der Waals surface area contributed by atoms with Crippen LogP contribution in [0.3, 0.4) is 0 Å². The van der Waals surface area contributed by atoms with Crippen LogP contribution in [0.15, 0.2) is 24.4 Å². The summed E-state index contributed by atoms with van der Waals surface area (Å²) in [5.74, 6) is 0. The lowest BCUT2D eigenvalue weighted by molar-refractivity contribution is 0.873. The molecular weight excluding hydrogens is 230 g/mol. The molecule has 0 atom stereocenters. The number of benzene rings is 1. The molecule has 2 rings (SSSR count). The Morgan fingerprint density at radius 3 is 3.18 bits per heavy atom. The highest BCUT2D eigenvalue weighted by molar-refractivity contribution is 7.18. The third-order valence-corrected chi connectivity index (χ3v) is 3.40. The number of anilines is 1.